The standard InChI is InChI=1S/C15H12F2N2O3/c1-22-14(20)9-2-5-11(6-3-9)18-15(21)19-13-7-4-10(16)8-12(13)17/h2-8H,1H3,(H2,18,19,21). The van der Waals surface area contributed by atoms with Crippen LogP contribution in [0.5, 0.6) is 0 Å². The minimum absolute atomic E-state index is 0.148. The first-order valence-corrected chi connectivity index (χ1v) is 6.21. The lowest BCUT2D eigenvalue weighted by molar-refractivity contribution is 0.0600. The van der Waals surface area contributed by atoms with Gasteiger partial charge in [0, 0.05) is 11.8 Å². The Morgan fingerprint density at radius 1 is 1.00 bits per heavy atom. The first-order valence-electron chi connectivity index (χ1n) is 6.21. The Balaban J connectivity index is 2.01. The van der Waals surface area contributed by atoms with Crippen molar-refractivity contribution in [3.05, 3.63) is 59.7 Å². The third-order valence-electron chi connectivity index (χ3n) is 2.74. The lowest BCUT2D eigenvalue weighted by Gasteiger charge is -2.09. The minimum atomic E-state index is -0.879. The first-order chi connectivity index (χ1) is 10.5. The average molecular weight is 306 g/mol. The largest absolute Gasteiger partial charge is 0.465 e. The number of hydrogen-bond acceptors (Lipinski definition) is 3. The minimum Gasteiger partial charge on any atom is -0.465 e. The number of anilines is 2. The van der Waals surface area contributed by atoms with Gasteiger partial charge >= 0.3 is 12.0 Å². The molecule has 0 aromatic heterocycles. The van der Waals surface area contributed by atoms with Crippen LogP contribution in [0.25, 0.3) is 0 Å². The van der Waals surface area contributed by atoms with E-state index < -0.39 is 23.6 Å². The molecule has 2 aromatic rings. The van der Waals surface area contributed by atoms with Crippen LogP contribution in [0, 0.1) is 11.6 Å². The molecule has 0 aliphatic heterocycles. The molecule has 0 unspecified atom stereocenters. The van der Waals surface area contributed by atoms with Gasteiger partial charge in [-0.05, 0) is 36.4 Å². The second-order valence-corrected chi connectivity index (χ2v) is 4.27. The van der Waals surface area contributed by atoms with Gasteiger partial charge in [-0.2, -0.15) is 0 Å². The molecule has 0 aliphatic rings. The van der Waals surface area contributed by atoms with Crippen molar-refractivity contribution in [3.63, 3.8) is 0 Å². The summed E-state index contributed by atoms with van der Waals surface area (Å²) in [6.07, 6.45) is 0. The normalized spacial score (nSPS) is 9.95. The molecule has 2 amide bonds. The number of nitrogens with one attached hydrogen (secondary N) is 2. The summed E-state index contributed by atoms with van der Waals surface area (Å²) in [5, 5.41) is 4.70. The third kappa shape index (κ3) is 3.78. The van der Waals surface area contributed by atoms with E-state index in [-0.39, 0.29) is 5.69 Å². The van der Waals surface area contributed by atoms with Crippen LogP contribution >= 0.6 is 0 Å². The third-order valence-corrected chi connectivity index (χ3v) is 2.74. The quantitative estimate of drug-likeness (QED) is 0.854. The van der Waals surface area contributed by atoms with Gasteiger partial charge in [0.15, 0.2) is 0 Å². The molecule has 5 nitrogen and oxygen atoms in total. The molecule has 0 aliphatic carbocycles. The van der Waals surface area contributed by atoms with E-state index in [0.29, 0.717) is 17.3 Å². The molecule has 2 N–H and O–H groups in total. The number of benzene rings is 2. The van der Waals surface area contributed by atoms with Crippen molar-refractivity contribution in [1.29, 1.82) is 0 Å². The van der Waals surface area contributed by atoms with E-state index >= 15 is 0 Å². The number of esters is 1. The van der Waals surface area contributed by atoms with Crippen molar-refractivity contribution in [2.45, 2.75) is 0 Å². The fraction of sp³-hybridized carbons (Fsp3) is 0.0667. The van der Waals surface area contributed by atoms with Crippen LogP contribution < -0.4 is 10.6 Å². The van der Waals surface area contributed by atoms with E-state index in [1.165, 1.54) is 31.4 Å². The molecule has 0 fully saturated rings. The van der Waals surface area contributed by atoms with Crippen LogP contribution in [0.15, 0.2) is 42.5 Å². The molecule has 2 aromatic carbocycles. The van der Waals surface area contributed by atoms with Gasteiger partial charge in [0.05, 0.1) is 18.4 Å². The molecule has 0 atom stereocenters. The summed E-state index contributed by atoms with van der Waals surface area (Å²) in [5.41, 5.74) is 0.579. The zero-order valence-corrected chi connectivity index (χ0v) is 11.5. The first kappa shape index (κ1) is 15.4. The van der Waals surface area contributed by atoms with E-state index in [2.05, 4.69) is 15.4 Å². The second-order valence-electron chi connectivity index (χ2n) is 4.27. The number of ether oxygens (including phenoxy) is 1. The fourth-order valence-electron chi connectivity index (χ4n) is 1.68. The number of rotatable bonds is 3. The Kier molecular flexibility index (Phi) is 4.67. The highest BCUT2D eigenvalue weighted by atomic mass is 19.1. The van der Waals surface area contributed by atoms with Crippen LogP contribution in [0.3, 0.4) is 0 Å². The molecule has 0 heterocycles. The van der Waals surface area contributed by atoms with E-state index in [1.54, 1.807) is 0 Å². The maximum atomic E-state index is 13.4. The highest BCUT2D eigenvalue weighted by molar-refractivity contribution is 6.00. The van der Waals surface area contributed by atoms with Crippen LogP contribution in [0.2, 0.25) is 0 Å². The van der Waals surface area contributed by atoms with E-state index in [9.17, 15) is 18.4 Å². The Hall–Kier alpha value is -2.96. The van der Waals surface area contributed by atoms with Gasteiger partial charge in [-0.3, -0.25) is 0 Å². The summed E-state index contributed by atoms with van der Waals surface area (Å²) in [6.45, 7) is 0. The average Bonchev–Trinajstić information content (AvgIpc) is 2.50. The van der Waals surface area contributed by atoms with E-state index in [1.807, 2.05) is 0 Å². The molecular formula is C15H12F2N2O3. The monoisotopic (exact) mass is 306 g/mol. The van der Waals surface area contributed by atoms with Gasteiger partial charge in [-0.25, -0.2) is 18.4 Å². The van der Waals surface area contributed by atoms with Crippen LogP contribution in [0.4, 0.5) is 25.0 Å². The summed E-state index contributed by atoms with van der Waals surface area (Å²) in [7, 11) is 1.26. The van der Waals surface area contributed by atoms with Crippen LogP contribution in [-0.4, -0.2) is 19.1 Å². The fourth-order valence-corrected chi connectivity index (χ4v) is 1.68. The topological polar surface area (TPSA) is 67.4 Å². The van der Waals surface area contributed by atoms with Crippen molar-refractivity contribution in [3.8, 4) is 0 Å². The van der Waals surface area contributed by atoms with E-state index in [0.717, 1.165) is 12.1 Å². The SMILES string of the molecule is COC(=O)c1ccc(NC(=O)Nc2ccc(F)cc2F)cc1. The summed E-state index contributed by atoms with van der Waals surface area (Å²) < 4.78 is 30.7. The lowest BCUT2D eigenvalue weighted by Crippen LogP contribution is -2.20. The van der Waals surface area contributed by atoms with Gasteiger partial charge < -0.3 is 15.4 Å². The Bertz CT molecular complexity index is 702. The zero-order chi connectivity index (χ0) is 16.1. The van der Waals surface area contributed by atoms with Crippen molar-refractivity contribution in [2.75, 3.05) is 17.7 Å². The summed E-state index contributed by atoms with van der Waals surface area (Å²) >= 11 is 0. The second kappa shape index (κ2) is 6.66. The Morgan fingerprint density at radius 2 is 1.68 bits per heavy atom. The summed E-state index contributed by atoms with van der Waals surface area (Å²) in [4.78, 5) is 23.0. The number of amides is 2. The highest BCUT2D eigenvalue weighted by Gasteiger charge is 2.09. The van der Waals surface area contributed by atoms with Gasteiger partial charge in [-0.15, -0.1) is 0 Å². The number of halogens is 2. The lowest BCUT2D eigenvalue weighted by atomic mass is 10.2. The van der Waals surface area contributed by atoms with Gasteiger partial charge in [0.1, 0.15) is 11.6 Å². The molecule has 0 radical (unpaired) electrons. The highest BCUT2D eigenvalue weighted by Crippen LogP contribution is 2.16. The molecule has 2 rings (SSSR count). The number of hydrogen-bond donors (Lipinski definition) is 2. The summed E-state index contributed by atoms with van der Waals surface area (Å²) in [5.74, 6) is -2.11. The van der Waals surface area contributed by atoms with Gasteiger partial charge in [0.25, 0.3) is 0 Å². The maximum Gasteiger partial charge on any atom is 0.337 e. The number of methoxy groups -OCH3 is 1. The van der Waals surface area contributed by atoms with Crippen molar-refractivity contribution >= 4 is 23.4 Å². The summed E-state index contributed by atoms with van der Waals surface area (Å²) in [6, 6.07) is 8.05. The maximum absolute atomic E-state index is 13.4. The number of urea groups is 1. The zero-order valence-electron chi connectivity index (χ0n) is 11.5. The molecule has 0 spiro atoms. The Morgan fingerprint density at radius 3 is 2.27 bits per heavy atom. The van der Waals surface area contributed by atoms with E-state index in [4.69, 9.17) is 0 Å². The molecule has 0 bridgehead atoms. The molecule has 0 saturated heterocycles. The Labute approximate surface area is 124 Å². The molecule has 114 valence electrons. The van der Waals surface area contributed by atoms with Gasteiger partial charge in [0.2, 0.25) is 0 Å². The predicted octanol–water partition coefficient (Wildman–Crippen LogP) is 3.40. The molecule has 22 heavy (non-hydrogen) atoms. The number of carbonyl (C=O) groups excluding carboxylic acids is 2. The van der Waals surface area contributed by atoms with Crippen molar-refractivity contribution in [1.82, 2.24) is 0 Å². The van der Waals surface area contributed by atoms with Gasteiger partial charge in [-0.1, -0.05) is 0 Å². The van der Waals surface area contributed by atoms with Crippen molar-refractivity contribution < 1.29 is 23.1 Å². The molecule has 7 heteroatoms. The smallest absolute Gasteiger partial charge is 0.337 e. The molecular weight excluding hydrogens is 294 g/mol. The number of carbonyl (C=O) groups is 2. The predicted molar refractivity (Wildman–Crippen MR) is 76.8 cm³/mol. The molecule has 0 saturated carbocycles. The van der Waals surface area contributed by atoms with Crippen molar-refractivity contribution in [2.24, 2.45) is 0 Å². The van der Waals surface area contributed by atoms with Crippen LogP contribution in [0.1, 0.15) is 10.4 Å². The van der Waals surface area contributed by atoms with Crippen LogP contribution in [-0.2, 0) is 4.74 Å².